The number of carboxylic acids is 1. The minimum atomic E-state index is -4.37. The SMILES string of the molecule is Cc1nc(COc2ccc(CC(NC(=O)O[C@H]3CO[C@H]4OCC[C@H]43)C(CN(CC(C)C)S(=O)(=O)c3ccc4c(c3)OCO4)[C@H](OCC(=O)Nc3ccn[nH]3)C(=O)O)cc2)cs1. The molecule has 0 spiro atoms. The van der Waals surface area contributed by atoms with Gasteiger partial charge in [0.05, 0.1) is 40.9 Å². The van der Waals surface area contributed by atoms with Crippen LogP contribution in [0.1, 0.15) is 36.5 Å². The summed E-state index contributed by atoms with van der Waals surface area (Å²) < 4.78 is 70.2. The number of sulfonamides is 1. The summed E-state index contributed by atoms with van der Waals surface area (Å²) in [6, 6.07) is 11.5. The Balaban J connectivity index is 1.22. The first-order valence-corrected chi connectivity index (χ1v) is 22.0. The molecule has 2 aromatic carbocycles. The lowest BCUT2D eigenvalue weighted by Crippen LogP contribution is -2.55. The van der Waals surface area contributed by atoms with E-state index >= 15 is 0 Å². The number of carbonyl (C=O) groups is 3. The molecule has 21 heteroatoms. The maximum atomic E-state index is 14.6. The van der Waals surface area contributed by atoms with Crippen LogP contribution in [0.5, 0.6) is 17.2 Å². The van der Waals surface area contributed by atoms with E-state index in [9.17, 15) is 27.9 Å². The number of aromatic nitrogens is 3. The number of amides is 2. The number of nitrogens with zero attached hydrogens (tertiary/aromatic N) is 3. The van der Waals surface area contributed by atoms with E-state index in [1.165, 1.54) is 41.8 Å². The van der Waals surface area contributed by atoms with Gasteiger partial charge in [0, 0.05) is 42.6 Å². The fourth-order valence-corrected chi connectivity index (χ4v) is 9.63. The van der Waals surface area contributed by atoms with E-state index in [0.717, 1.165) is 15.0 Å². The smallest absolute Gasteiger partial charge is 0.407 e. The number of fused-ring (bicyclic) bond motifs is 2. The average molecular weight is 885 g/mol. The predicted octanol–water partition coefficient (Wildman–Crippen LogP) is 3.95. The molecule has 3 aliphatic rings. The molecule has 3 aliphatic heterocycles. The van der Waals surface area contributed by atoms with Crippen molar-refractivity contribution in [1.82, 2.24) is 24.8 Å². The molecule has 2 unspecified atom stereocenters. The van der Waals surface area contributed by atoms with Crippen molar-refractivity contribution in [2.45, 2.75) is 69.7 Å². The second-order valence-corrected chi connectivity index (χ2v) is 18.2. The number of benzene rings is 2. The van der Waals surface area contributed by atoms with E-state index in [4.69, 9.17) is 33.2 Å². The van der Waals surface area contributed by atoms with Crippen LogP contribution in [-0.2, 0) is 51.6 Å². The number of carbonyl (C=O) groups excluding carboxylic acids is 2. The number of rotatable bonds is 20. The van der Waals surface area contributed by atoms with E-state index in [-0.39, 0.29) is 61.3 Å². The highest BCUT2D eigenvalue weighted by Crippen LogP contribution is 2.36. The van der Waals surface area contributed by atoms with E-state index in [2.05, 4.69) is 25.8 Å². The largest absolute Gasteiger partial charge is 0.487 e. The number of nitrogens with one attached hydrogen (secondary N) is 3. The number of hydrogen-bond acceptors (Lipinski definition) is 15. The minimum absolute atomic E-state index is 0.0191. The molecule has 2 amide bonds. The molecule has 0 radical (unpaired) electrons. The van der Waals surface area contributed by atoms with Gasteiger partial charge in [-0.25, -0.2) is 23.0 Å². The molecule has 2 fully saturated rings. The number of aryl methyl sites for hydroxylation is 1. The van der Waals surface area contributed by atoms with Crippen molar-refractivity contribution in [2.24, 2.45) is 17.8 Å². The molecule has 2 aromatic heterocycles. The first-order chi connectivity index (χ1) is 29.3. The number of aliphatic carboxylic acids is 1. The number of ether oxygens (including phenoxy) is 7. The lowest BCUT2D eigenvalue weighted by Gasteiger charge is -2.36. The highest BCUT2D eigenvalue weighted by Gasteiger charge is 2.45. The second-order valence-electron chi connectivity index (χ2n) is 15.2. The van der Waals surface area contributed by atoms with Crippen LogP contribution in [0.25, 0.3) is 0 Å². The number of alkyl carbamates (subject to hydrolysis) is 1. The van der Waals surface area contributed by atoms with E-state index < -0.39 is 71.6 Å². The van der Waals surface area contributed by atoms with Gasteiger partial charge in [0.2, 0.25) is 16.8 Å². The first kappa shape index (κ1) is 43.8. The van der Waals surface area contributed by atoms with Crippen LogP contribution in [-0.4, -0.2) is 115 Å². The number of aromatic amines is 1. The lowest BCUT2D eigenvalue weighted by atomic mass is 9.88. The fourth-order valence-electron chi connectivity index (χ4n) is 7.38. The highest BCUT2D eigenvalue weighted by molar-refractivity contribution is 7.89. The molecule has 7 rings (SSSR count). The van der Waals surface area contributed by atoms with Crippen LogP contribution in [0.3, 0.4) is 0 Å². The van der Waals surface area contributed by atoms with Gasteiger partial charge in [0.15, 0.2) is 23.9 Å². The summed E-state index contributed by atoms with van der Waals surface area (Å²) in [5, 5.41) is 25.5. The van der Waals surface area contributed by atoms with Crippen molar-refractivity contribution in [3.05, 3.63) is 76.4 Å². The van der Waals surface area contributed by atoms with Crippen molar-refractivity contribution in [3.63, 3.8) is 0 Å². The van der Waals surface area contributed by atoms with Gasteiger partial charge in [-0.3, -0.25) is 9.89 Å². The Labute approximate surface area is 356 Å². The molecule has 5 heterocycles. The molecule has 0 bridgehead atoms. The molecule has 2 saturated heterocycles. The maximum absolute atomic E-state index is 14.6. The van der Waals surface area contributed by atoms with Crippen LogP contribution in [0.15, 0.2) is 65.0 Å². The van der Waals surface area contributed by atoms with Gasteiger partial charge < -0.3 is 48.9 Å². The number of anilines is 1. The number of hydrogen-bond donors (Lipinski definition) is 4. The summed E-state index contributed by atoms with van der Waals surface area (Å²) in [5.74, 6) is -2.58. The van der Waals surface area contributed by atoms with Crippen LogP contribution < -0.4 is 24.8 Å². The lowest BCUT2D eigenvalue weighted by molar-refractivity contribution is -0.157. The van der Waals surface area contributed by atoms with E-state index in [1.807, 2.05) is 26.2 Å². The third-order valence-corrected chi connectivity index (χ3v) is 12.9. The van der Waals surface area contributed by atoms with Crippen molar-refractivity contribution in [3.8, 4) is 17.2 Å². The zero-order valence-electron chi connectivity index (χ0n) is 33.7. The molecule has 19 nitrogen and oxygen atoms in total. The Hall–Kier alpha value is -5.32. The molecule has 61 heavy (non-hydrogen) atoms. The third kappa shape index (κ3) is 11.1. The second kappa shape index (κ2) is 19.6. The summed E-state index contributed by atoms with van der Waals surface area (Å²) in [4.78, 5) is 44.6. The average Bonchev–Trinajstić information content (AvgIpc) is 4.08. The molecular formula is C40H48N6O13S2. The Morgan fingerprint density at radius 3 is 2.59 bits per heavy atom. The molecular weight excluding hydrogens is 837 g/mol. The molecule has 0 aliphatic carbocycles. The zero-order valence-corrected chi connectivity index (χ0v) is 35.3. The third-order valence-electron chi connectivity index (χ3n) is 10.3. The quantitative estimate of drug-likeness (QED) is 0.0983. The van der Waals surface area contributed by atoms with Crippen LogP contribution >= 0.6 is 11.3 Å². The van der Waals surface area contributed by atoms with Gasteiger partial charge in [-0.15, -0.1) is 11.3 Å². The monoisotopic (exact) mass is 884 g/mol. The van der Waals surface area contributed by atoms with Crippen LogP contribution in [0.4, 0.5) is 10.6 Å². The Bertz CT molecular complexity index is 2240. The van der Waals surface area contributed by atoms with Gasteiger partial charge in [-0.1, -0.05) is 26.0 Å². The van der Waals surface area contributed by atoms with Crippen molar-refractivity contribution in [2.75, 3.05) is 45.0 Å². The van der Waals surface area contributed by atoms with E-state index in [0.29, 0.717) is 30.1 Å². The summed E-state index contributed by atoms with van der Waals surface area (Å²) in [5.41, 5.74) is 1.41. The number of thiazole rings is 1. The fraction of sp³-hybridized carbons (Fsp3) is 0.475. The van der Waals surface area contributed by atoms with Crippen molar-refractivity contribution < 1.29 is 61.1 Å². The number of H-pyrrole nitrogens is 1. The van der Waals surface area contributed by atoms with Gasteiger partial charge in [-0.2, -0.15) is 9.40 Å². The van der Waals surface area contributed by atoms with Gasteiger partial charge in [0.1, 0.15) is 30.9 Å². The summed E-state index contributed by atoms with van der Waals surface area (Å²) in [6.07, 6.45) is -1.87. The molecule has 6 atom stereocenters. The summed E-state index contributed by atoms with van der Waals surface area (Å²) >= 11 is 1.51. The number of carboxylic acid groups (broad SMARTS) is 1. The normalized spacial score (nSPS) is 19.7. The Morgan fingerprint density at radius 1 is 1.07 bits per heavy atom. The van der Waals surface area contributed by atoms with Crippen LogP contribution in [0, 0.1) is 24.7 Å². The van der Waals surface area contributed by atoms with Gasteiger partial charge >= 0.3 is 12.1 Å². The summed E-state index contributed by atoms with van der Waals surface area (Å²) in [6.45, 7) is 4.98. The van der Waals surface area contributed by atoms with E-state index in [1.54, 1.807) is 24.3 Å². The standard InChI is InChI=1S/C40H48N6O13S2/c1-23(2)16-46(61(51,52)28-8-9-32-33(15-28)58-22-57-32)17-30(37(38(48)49)55-20-36(47)44-35-10-12-41-45-35)31(43-40(50)59-34-19-56-39-29(34)11-13-53-39)14-25-4-6-27(7-5-25)54-18-26-21-60-24(3)42-26/h4-10,12,15,21,23,29-31,34,37,39H,11,13-14,16-20,22H2,1-3H3,(H,43,50)(H,48,49)(H2,41,44,45,47)/t29-,30?,31?,34-,37-,39+/m0/s1. The van der Waals surface area contributed by atoms with Gasteiger partial charge in [-0.05, 0) is 55.5 Å². The predicted molar refractivity (Wildman–Crippen MR) is 217 cm³/mol. The molecule has 4 aromatic rings. The minimum Gasteiger partial charge on any atom is -0.487 e. The Kier molecular flexibility index (Phi) is 14.1. The zero-order chi connectivity index (χ0) is 43.1. The maximum Gasteiger partial charge on any atom is 0.407 e. The Morgan fingerprint density at radius 2 is 1.87 bits per heavy atom. The van der Waals surface area contributed by atoms with Crippen LogP contribution in [0.2, 0.25) is 0 Å². The molecule has 328 valence electrons. The molecule has 0 saturated carbocycles. The van der Waals surface area contributed by atoms with Gasteiger partial charge in [0.25, 0.3) is 5.91 Å². The summed E-state index contributed by atoms with van der Waals surface area (Å²) in [7, 11) is -4.37. The molecule has 4 N–H and O–H groups in total. The van der Waals surface area contributed by atoms with Crippen molar-refractivity contribution in [1.29, 1.82) is 0 Å². The topological polar surface area (TPSA) is 239 Å². The highest BCUT2D eigenvalue weighted by atomic mass is 32.2. The van der Waals surface area contributed by atoms with Crippen molar-refractivity contribution >= 4 is 45.1 Å². The first-order valence-electron chi connectivity index (χ1n) is 19.7.